The van der Waals surface area contributed by atoms with Crippen LogP contribution in [0.1, 0.15) is 31.0 Å². The summed E-state index contributed by atoms with van der Waals surface area (Å²) in [7, 11) is 0. The maximum atomic E-state index is 11.5. The molecule has 0 unspecified atom stereocenters. The minimum Gasteiger partial charge on any atom is -0.472 e. The Labute approximate surface area is 171 Å². The van der Waals surface area contributed by atoms with Crippen LogP contribution in [0.4, 0.5) is 11.5 Å². The van der Waals surface area contributed by atoms with Crippen LogP contribution >= 0.6 is 23.2 Å². The van der Waals surface area contributed by atoms with E-state index in [0.717, 1.165) is 12.8 Å². The second-order valence-corrected chi connectivity index (χ2v) is 6.99. The molecular formula is C16H20Cl2N6O4. The van der Waals surface area contributed by atoms with Gasteiger partial charge in [-0.25, -0.2) is 4.98 Å². The van der Waals surface area contributed by atoms with Gasteiger partial charge in [-0.2, -0.15) is 4.98 Å². The van der Waals surface area contributed by atoms with E-state index in [9.17, 15) is 10.1 Å². The number of halogens is 2. The lowest BCUT2D eigenvalue weighted by molar-refractivity contribution is -0.386. The molecule has 3 heterocycles. The van der Waals surface area contributed by atoms with Crippen LogP contribution in [0, 0.1) is 17.0 Å². The molecule has 1 saturated heterocycles. The van der Waals surface area contributed by atoms with Crippen molar-refractivity contribution in [2.24, 2.45) is 0 Å². The number of rotatable bonds is 8. The van der Waals surface area contributed by atoms with Gasteiger partial charge in [0.2, 0.25) is 5.28 Å². The summed E-state index contributed by atoms with van der Waals surface area (Å²) in [5.41, 5.74) is 0.400. The lowest BCUT2D eigenvalue weighted by Gasteiger charge is -2.22. The van der Waals surface area contributed by atoms with Crippen molar-refractivity contribution in [1.82, 2.24) is 19.7 Å². The van der Waals surface area contributed by atoms with Gasteiger partial charge in [-0.1, -0.05) is 11.6 Å². The van der Waals surface area contributed by atoms with E-state index in [-0.39, 0.29) is 29.5 Å². The summed E-state index contributed by atoms with van der Waals surface area (Å²) in [5.74, 6) is 0.462. The molecule has 0 amide bonds. The van der Waals surface area contributed by atoms with Crippen LogP contribution in [0.2, 0.25) is 10.3 Å². The van der Waals surface area contributed by atoms with Crippen molar-refractivity contribution >= 4 is 34.7 Å². The van der Waals surface area contributed by atoms with Crippen LogP contribution in [0.5, 0.6) is 5.88 Å². The Balaban J connectivity index is 1.59. The van der Waals surface area contributed by atoms with Gasteiger partial charge in [0.15, 0.2) is 0 Å². The maximum absolute atomic E-state index is 11.5. The fourth-order valence-electron chi connectivity index (χ4n) is 2.99. The van der Waals surface area contributed by atoms with Crippen LogP contribution in [-0.4, -0.2) is 51.0 Å². The van der Waals surface area contributed by atoms with E-state index < -0.39 is 4.92 Å². The minimum atomic E-state index is -0.450. The lowest BCUT2D eigenvalue weighted by Crippen LogP contribution is -2.21. The Morgan fingerprint density at radius 3 is 2.89 bits per heavy atom. The first-order valence-electron chi connectivity index (χ1n) is 8.83. The first kappa shape index (κ1) is 20.6. The number of nitrogens with one attached hydrogen (secondary N) is 1. The molecule has 0 spiro atoms. The number of anilines is 1. The SMILES string of the molecule is Cc1c([N+](=O)[O-])c(OCCCNc2nc(Cl)ncc2Cl)nn1C1CCOCC1. The first-order chi connectivity index (χ1) is 13.5. The van der Waals surface area contributed by atoms with Crippen molar-refractivity contribution in [2.45, 2.75) is 32.2 Å². The second kappa shape index (κ2) is 9.35. The van der Waals surface area contributed by atoms with Crippen LogP contribution < -0.4 is 10.1 Å². The summed E-state index contributed by atoms with van der Waals surface area (Å²) in [5, 5.41) is 19.3. The molecular weight excluding hydrogens is 411 g/mol. The zero-order chi connectivity index (χ0) is 20.1. The van der Waals surface area contributed by atoms with E-state index in [1.54, 1.807) is 11.6 Å². The quantitative estimate of drug-likeness (QED) is 0.292. The summed E-state index contributed by atoms with van der Waals surface area (Å²) in [4.78, 5) is 18.8. The van der Waals surface area contributed by atoms with Crippen LogP contribution in [0.25, 0.3) is 0 Å². The summed E-state index contributed by atoms with van der Waals surface area (Å²) >= 11 is 11.7. The lowest BCUT2D eigenvalue weighted by atomic mass is 10.1. The average Bonchev–Trinajstić information content (AvgIpc) is 3.01. The molecule has 152 valence electrons. The van der Waals surface area contributed by atoms with Crippen molar-refractivity contribution in [1.29, 1.82) is 0 Å². The van der Waals surface area contributed by atoms with Gasteiger partial charge in [-0.3, -0.25) is 14.8 Å². The van der Waals surface area contributed by atoms with Gasteiger partial charge in [-0.15, -0.1) is 5.10 Å². The first-order valence-corrected chi connectivity index (χ1v) is 9.59. The molecule has 10 nitrogen and oxygen atoms in total. The number of ether oxygens (including phenoxy) is 2. The van der Waals surface area contributed by atoms with Gasteiger partial charge in [0.25, 0.3) is 0 Å². The van der Waals surface area contributed by atoms with E-state index in [1.807, 2.05) is 0 Å². The third-order valence-electron chi connectivity index (χ3n) is 4.37. The van der Waals surface area contributed by atoms with Crippen molar-refractivity contribution in [2.75, 3.05) is 31.7 Å². The summed E-state index contributed by atoms with van der Waals surface area (Å²) in [6, 6.07) is 0.0797. The van der Waals surface area contributed by atoms with Gasteiger partial charge >= 0.3 is 11.6 Å². The molecule has 0 saturated carbocycles. The van der Waals surface area contributed by atoms with E-state index in [1.165, 1.54) is 6.20 Å². The average molecular weight is 431 g/mol. The fraction of sp³-hybridized carbons (Fsp3) is 0.562. The Hall–Kier alpha value is -2.17. The summed E-state index contributed by atoms with van der Waals surface area (Å²) < 4.78 is 12.6. The van der Waals surface area contributed by atoms with Crippen molar-refractivity contribution < 1.29 is 14.4 Å². The zero-order valence-electron chi connectivity index (χ0n) is 15.2. The van der Waals surface area contributed by atoms with Crippen molar-refractivity contribution in [3.63, 3.8) is 0 Å². The van der Waals surface area contributed by atoms with Gasteiger partial charge in [0, 0.05) is 19.8 Å². The van der Waals surface area contributed by atoms with E-state index in [0.29, 0.717) is 42.7 Å². The number of aromatic nitrogens is 4. The molecule has 0 atom stereocenters. The van der Waals surface area contributed by atoms with E-state index in [4.69, 9.17) is 32.7 Å². The molecule has 1 aliphatic rings. The predicted octanol–water partition coefficient (Wildman–Crippen LogP) is 3.43. The fourth-order valence-corrected chi connectivity index (χ4v) is 3.28. The topological polar surface area (TPSA) is 117 Å². The molecule has 28 heavy (non-hydrogen) atoms. The van der Waals surface area contributed by atoms with E-state index >= 15 is 0 Å². The highest BCUT2D eigenvalue weighted by atomic mass is 35.5. The molecule has 0 bridgehead atoms. The molecule has 1 fully saturated rings. The Morgan fingerprint density at radius 2 is 2.18 bits per heavy atom. The van der Waals surface area contributed by atoms with Gasteiger partial charge < -0.3 is 14.8 Å². The van der Waals surface area contributed by atoms with Crippen LogP contribution in [-0.2, 0) is 4.74 Å². The van der Waals surface area contributed by atoms with Crippen LogP contribution in [0.3, 0.4) is 0 Å². The summed E-state index contributed by atoms with van der Waals surface area (Å²) in [6.45, 7) is 3.66. The van der Waals surface area contributed by atoms with Crippen LogP contribution in [0.15, 0.2) is 6.20 Å². The molecule has 0 aliphatic carbocycles. The Morgan fingerprint density at radius 1 is 1.43 bits per heavy atom. The highest BCUT2D eigenvalue weighted by Gasteiger charge is 2.30. The van der Waals surface area contributed by atoms with Gasteiger partial charge in [-0.05, 0) is 37.8 Å². The smallest absolute Gasteiger partial charge is 0.352 e. The van der Waals surface area contributed by atoms with Gasteiger partial charge in [0.05, 0.1) is 23.8 Å². The van der Waals surface area contributed by atoms with E-state index in [2.05, 4.69) is 20.4 Å². The third-order valence-corrected chi connectivity index (χ3v) is 4.83. The molecule has 0 radical (unpaired) electrons. The highest BCUT2D eigenvalue weighted by Crippen LogP contribution is 2.34. The Kier molecular flexibility index (Phi) is 6.87. The largest absolute Gasteiger partial charge is 0.472 e. The standard InChI is InChI=1S/C16H20Cl2N6O4/c1-10-13(24(25)26)15(22-23(10)11-3-7-27-8-4-11)28-6-2-5-19-14-12(17)9-20-16(18)21-14/h9,11H,2-8H2,1H3,(H,19,20,21). The monoisotopic (exact) mass is 430 g/mol. The second-order valence-electron chi connectivity index (χ2n) is 6.25. The molecule has 1 aliphatic heterocycles. The normalized spacial score (nSPS) is 14.8. The van der Waals surface area contributed by atoms with Crippen molar-refractivity contribution in [3.8, 4) is 5.88 Å². The van der Waals surface area contributed by atoms with Gasteiger partial charge in [0.1, 0.15) is 16.5 Å². The predicted molar refractivity (Wildman–Crippen MR) is 103 cm³/mol. The number of hydrogen-bond donors (Lipinski definition) is 1. The molecule has 2 aromatic rings. The van der Waals surface area contributed by atoms with Crippen molar-refractivity contribution in [3.05, 3.63) is 32.3 Å². The molecule has 0 aromatic carbocycles. The minimum absolute atomic E-state index is 0.0390. The molecule has 2 aromatic heterocycles. The molecule has 3 rings (SSSR count). The molecule has 1 N–H and O–H groups in total. The number of hydrogen-bond acceptors (Lipinski definition) is 8. The summed E-state index contributed by atoms with van der Waals surface area (Å²) in [6.07, 6.45) is 3.50. The number of nitro groups is 1. The zero-order valence-corrected chi connectivity index (χ0v) is 16.7. The maximum Gasteiger partial charge on any atom is 0.352 e. The third kappa shape index (κ3) is 4.81. The Bertz CT molecular complexity index is 841. The highest BCUT2D eigenvalue weighted by molar-refractivity contribution is 6.33. The molecule has 12 heteroatoms. The number of nitrogens with zero attached hydrogens (tertiary/aromatic N) is 5.